The predicted molar refractivity (Wildman–Crippen MR) is 86.7 cm³/mol. The Hall–Kier alpha value is -1.09. The first-order valence-electron chi connectivity index (χ1n) is 7.22. The third-order valence-corrected chi connectivity index (χ3v) is 4.13. The van der Waals surface area contributed by atoms with Crippen molar-refractivity contribution in [2.45, 2.75) is 39.5 Å². The minimum atomic E-state index is 0.573. The summed E-state index contributed by atoms with van der Waals surface area (Å²) in [4.78, 5) is 2.29. The first kappa shape index (κ1) is 14.3. The second kappa shape index (κ2) is 6.38. The summed E-state index contributed by atoms with van der Waals surface area (Å²) in [5, 5.41) is 4.22. The van der Waals surface area contributed by atoms with E-state index in [9.17, 15) is 0 Å². The van der Waals surface area contributed by atoms with Crippen molar-refractivity contribution in [3.05, 3.63) is 29.8 Å². The number of piperidine rings is 1. The molecule has 0 aliphatic carbocycles. The van der Waals surface area contributed by atoms with Crippen molar-refractivity contribution >= 4 is 23.0 Å². The van der Waals surface area contributed by atoms with Crippen LogP contribution in [0.25, 0.3) is 0 Å². The van der Waals surface area contributed by atoms with Crippen LogP contribution >= 0.6 is 12.2 Å². The number of hydrogen-bond donors (Lipinski definition) is 1. The lowest BCUT2D eigenvalue weighted by Gasteiger charge is -2.33. The Balaban J connectivity index is 1.94. The van der Waals surface area contributed by atoms with E-state index in [4.69, 9.17) is 12.2 Å². The normalized spacial score (nSPS) is 19.6. The molecule has 1 aromatic rings. The Kier molecular flexibility index (Phi) is 4.81. The maximum Gasteiger partial charge on any atom is 0.173 e. The van der Waals surface area contributed by atoms with Gasteiger partial charge in [-0.25, -0.2) is 0 Å². The van der Waals surface area contributed by atoms with Gasteiger partial charge >= 0.3 is 0 Å². The van der Waals surface area contributed by atoms with Gasteiger partial charge in [-0.15, -0.1) is 0 Å². The molecule has 1 saturated heterocycles. The van der Waals surface area contributed by atoms with Crippen LogP contribution in [-0.2, 0) is 0 Å². The molecule has 19 heavy (non-hydrogen) atoms. The number of hydrogen-bond acceptors (Lipinski definition) is 1. The highest BCUT2D eigenvalue weighted by Gasteiger charge is 2.18. The molecule has 1 aromatic carbocycles. The van der Waals surface area contributed by atoms with E-state index in [1.165, 1.54) is 18.4 Å². The fourth-order valence-electron chi connectivity index (χ4n) is 2.53. The average molecular weight is 276 g/mol. The molecular formula is C16H24N2S. The third-order valence-electron chi connectivity index (χ3n) is 3.77. The van der Waals surface area contributed by atoms with Gasteiger partial charge in [-0.1, -0.05) is 32.9 Å². The van der Waals surface area contributed by atoms with Crippen molar-refractivity contribution in [1.82, 2.24) is 4.90 Å². The fourth-order valence-corrected chi connectivity index (χ4v) is 2.81. The second-order valence-corrected chi connectivity index (χ2v) is 6.29. The Morgan fingerprint density at radius 3 is 2.58 bits per heavy atom. The van der Waals surface area contributed by atoms with Gasteiger partial charge in [0, 0.05) is 18.8 Å². The van der Waals surface area contributed by atoms with E-state index in [1.807, 2.05) is 0 Å². The van der Waals surface area contributed by atoms with Crippen molar-refractivity contribution in [2.24, 2.45) is 5.92 Å². The molecule has 1 aliphatic rings. The lowest BCUT2D eigenvalue weighted by Crippen LogP contribution is -2.41. The van der Waals surface area contributed by atoms with E-state index in [1.54, 1.807) is 0 Å². The third kappa shape index (κ3) is 3.93. The molecule has 1 atom stereocenters. The number of thiocarbonyl (C=S) groups is 1. The molecule has 2 nitrogen and oxygen atoms in total. The summed E-state index contributed by atoms with van der Waals surface area (Å²) in [5.74, 6) is 1.32. The van der Waals surface area contributed by atoms with E-state index in [0.717, 1.165) is 29.8 Å². The van der Waals surface area contributed by atoms with Crippen LogP contribution in [-0.4, -0.2) is 23.1 Å². The molecule has 2 rings (SSSR count). The molecular weight excluding hydrogens is 252 g/mol. The molecule has 1 N–H and O–H groups in total. The van der Waals surface area contributed by atoms with Gasteiger partial charge in [-0.2, -0.15) is 0 Å². The summed E-state index contributed by atoms with van der Waals surface area (Å²) in [6.07, 6.45) is 2.57. The van der Waals surface area contributed by atoms with Gasteiger partial charge in [-0.05, 0) is 54.6 Å². The number of anilines is 1. The van der Waals surface area contributed by atoms with Crippen LogP contribution in [0.3, 0.4) is 0 Å². The van der Waals surface area contributed by atoms with Crippen molar-refractivity contribution in [3.8, 4) is 0 Å². The van der Waals surface area contributed by atoms with Gasteiger partial charge < -0.3 is 10.2 Å². The van der Waals surface area contributed by atoms with E-state index < -0.39 is 0 Å². The minimum absolute atomic E-state index is 0.573. The van der Waals surface area contributed by atoms with Gasteiger partial charge in [0.05, 0.1) is 0 Å². The summed E-state index contributed by atoms with van der Waals surface area (Å²) in [5.41, 5.74) is 2.45. The van der Waals surface area contributed by atoms with Gasteiger partial charge in [0.25, 0.3) is 0 Å². The Bertz CT molecular complexity index is 425. The zero-order valence-corrected chi connectivity index (χ0v) is 13.0. The van der Waals surface area contributed by atoms with Gasteiger partial charge in [-0.3, -0.25) is 0 Å². The molecule has 0 amide bonds. The summed E-state index contributed by atoms with van der Waals surface area (Å²) in [7, 11) is 0. The van der Waals surface area contributed by atoms with Crippen molar-refractivity contribution in [3.63, 3.8) is 0 Å². The van der Waals surface area contributed by atoms with Crippen LogP contribution in [0, 0.1) is 5.92 Å². The molecule has 3 heteroatoms. The second-order valence-electron chi connectivity index (χ2n) is 5.90. The van der Waals surface area contributed by atoms with Crippen molar-refractivity contribution in [2.75, 3.05) is 18.4 Å². The molecule has 0 bridgehead atoms. The lowest BCUT2D eigenvalue weighted by molar-refractivity contribution is 0.276. The Morgan fingerprint density at radius 1 is 1.32 bits per heavy atom. The van der Waals surface area contributed by atoms with Crippen LogP contribution in [0.2, 0.25) is 0 Å². The fraction of sp³-hybridized carbons (Fsp3) is 0.562. The van der Waals surface area contributed by atoms with Crippen molar-refractivity contribution in [1.29, 1.82) is 0 Å². The zero-order valence-electron chi connectivity index (χ0n) is 12.1. The summed E-state index contributed by atoms with van der Waals surface area (Å²) in [6.45, 7) is 8.88. The predicted octanol–water partition coefficient (Wildman–Crippen LogP) is 4.24. The summed E-state index contributed by atoms with van der Waals surface area (Å²) >= 11 is 5.51. The standard InChI is InChI=1S/C16H24N2S/c1-12(2)14-6-8-15(9-7-14)17-16(19)18-10-4-5-13(3)11-18/h6-9,12-13H,4-5,10-11H2,1-3H3,(H,17,19). The van der Waals surface area contributed by atoms with Crippen LogP contribution in [0.1, 0.15) is 45.1 Å². The lowest BCUT2D eigenvalue weighted by atomic mass is 10.0. The topological polar surface area (TPSA) is 15.3 Å². The maximum absolute atomic E-state index is 5.51. The van der Waals surface area contributed by atoms with Crippen LogP contribution in [0.15, 0.2) is 24.3 Å². The molecule has 1 unspecified atom stereocenters. The molecule has 0 aromatic heterocycles. The SMILES string of the molecule is CC1CCCN(C(=S)Nc2ccc(C(C)C)cc2)C1. The first-order valence-corrected chi connectivity index (χ1v) is 7.63. The highest BCUT2D eigenvalue weighted by Crippen LogP contribution is 2.19. The number of nitrogens with zero attached hydrogens (tertiary/aromatic N) is 1. The smallest absolute Gasteiger partial charge is 0.173 e. The minimum Gasteiger partial charge on any atom is -0.349 e. The molecule has 0 saturated carbocycles. The zero-order chi connectivity index (χ0) is 13.8. The number of benzene rings is 1. The maximum atomic E-state index is 5.51. The van der Waals surface area contributed by atoms with Crippen LogP contribution < -0.4 is 5.32 Å². The summed E-state index contributed by atoms with van der Waals surface area (Å²) in [6, 6.07) is 8.59. The number of rotatable bonds is 2. The van der Waals surface area contributed by atoms with E-state index >= 15 is 0 Å². The quantitative estimate of drug-likeness (QED) is 0.813. The van der Waals surface area contributed by atoms with Crippen LogP contribution in [0.4, 0.5) is 5.69 Å². The largest absolute Gasteiger partial charge is 0.349 e. The number of likely N-dealkylation sites (tertiary alicyclic amines) is 1. The van der Waals surface area contributed by atoms with Crippen LogP contribution in [0.5, 0.6) is 0 Å². The Morgan fingerprint density at radius 2 is 2.00 bits per heavy atom. The Labute approximate surface area is 122 Å². The molecule has 1 heterocycles. The molecule has 0 spiro atoms. The van der Waals surface area contributed by atoms with Gasteiger partial charge in [0.1, 0.15) is 0 Å². The molecule has 1 aliphatic heterocycles. The molecule has 1 fully saturated rings. The van der Waals surface area contributed by atoms with E-state index in [0.29, 0.717) is 5.92 Å². The molecule has 104 valence electrons. The highest BCUT2D eigenvalue weighted by molar-refractivity contribution is 7.80. The van der Waals surface area contributed by atoms with Gasteiger partial charge in [0.2, 0.25) is 0 Å². The molecule has 0 radical (unpaired) electrons. The van der Waals surface area contributed by atoms with E-state index in [2.05, 4.69) is 55.3 Å². The van der Waals surface area contributed by atoms with Gasteiger partial charge in [0.15, 0.2) is 5.11 Å². The summed E-state index contributed by atoms with van der Waals surface area (Å²) < 4.78 is 0. The highest BCUT2D eigenvalue weighted by atomic mass is 32.1. The number of nitrogens with one attached hydrogen (secondary N) is 1. The first-order chi connectivity index (χ1) is 9.06. The van der Waals surface area contributed by atoms with E-state index in [-0.39, 0.29) is 0 Å². The van der Waals surface area contributed by atoms with Crippen molar-refractivity contribution < 1.29 is 0 Å². The average Bonchev–Trinajstić information content (AvgIpc) is 2.39. The monoisotopic (exact) mass is 276 g/mol.